The smallest absolute Gasteiger partial charge is 0.266 e. The molecule has 7 rings (SSSR count). The van der Waals surface area contributed by atoms with E-state index in [1.807, 2.05) is 45.0 Å². The van der Waals surface area contributed by atoms with Crippen molar-refractivity contribution < 1.29 is 38.4 Å². The first-order valence-corrected chi connectivity index (χ1v) is 20.3. The van der Waals surface area contributed by atoms with E-state index in [0.717, 1.165) is 49.1 Å². The molecular weight excluding hydrogens is 773 g/mol. The van der Waals surface area contributed by atoms with Crippen LogP contribution in [0, 0.1) is 11.3 Å². The Morgan fingerprint density at radius 3 is 1.33 bits per heavy atom. The van der Waals surface area contributed by atoms with Crippen LogP contribution in [0.2, 0.25) is 0 Å². The minimum Gasteiger partial charge on any atom is -0.275 e. The second-order valence-corrected chi connectivity index (χ2v) is 18.0. The molecule has 0 aromatic heterocycles. The number of imide groups is 4. The van der Waals surface area contributed by atoms with Gasteiger partial charge in [0.1, 0.15) is 0 Å². The van der Waals surface area contributed by atoms with Gasteiger partial charge in [-0.25, -0.2) is 9.80 Å². The summed E-state index contributed by atoms with van der Waals surface area (Å²) in [7, 11) is 0. The highest BCUT2D eigenvalue weighted by atomic mass is 16.2. The van der Waals surface area contributed by atoms with Gasteiger partial charge in [0.05, 0.1) is 22.5 Å². The number of rotatable bonds is 14. The van der Waals surface area contributed by atoms with Gasteiger partial charge in [-0.2, -0.15) is 0 Å². The number of hydrogen-bond acceptors (Lipinski definition) is 8. The quantitative estimate of drug-likeness (QED) is 0.174. The lowest BCUT2D eigenvalue weighted by Crippen LogP contribution is -2.37. The molecule has 0 spiro atoms. The number of anilines is 2. The molecule has 312 valence electrons. The fourth-order valence-corrected chi connectivity index (χ4v) is 8.61. The highest BCUT2D eigenvalue weighted by Crippen LogP contribution is 2.38. The van der Waals surface area contributed by atoms with Crippen molar-refractivity contribution >= 4 is 58.6 Å². The Balaban J connectivity index is 0.972. The van der Waals surface area contributed by atoms with Crippen LogP contribution in [-0.4, -0.2) is 70.1 Å². The summed E-state index contributed by atoms with van der Waals surface area (Å²) in [4.78, 5) is 106. The molecule has 12 heteroatoms. The van der Waals surface area contributed by atoms with Gasteiger partial charge in [0.2, 0.25) is 0 Å². The molecule has 1 unspecified atom stereocenters. The van der Waals surface area contributed by atoms with Crippen molar-refractivity contribution in [3.05, 3.63) is 143 Å². The Kier molecular flexibility index (Phi) is 10.9. The van der Waals surface area contributed by atoms with Gasteiger partial charge < -0.3 is 0 Å². The van der Waals surface area contributed by atoms with E-state index in [0.29, 0.717) is 24.2 Å². The third kappa shape index (κ3) is 7.97. The third-order valence-corrected chi connectivity index (χ3v) is 12.4. The minimum absolute atomic E-state index is 0.0229. The number of carbonyl (C=O) groups is 8. The van der Waals surface area contributed by atoms with Crippen LogP contribution in [0.3, 0.4) is 0 Å². The molecule has 4 heterocycles. The van der Waals surface area contributed by atoms with Crippen LogP contribution >= 0.6 is 0 Å². The van der Waals surface area contributed by atoms with Crippen molar-refractivity contribution in [2.75, 3.05) is 22.9 Å². The molecule has 0 radical (unpaired) electrons. The van der Waals surface area contributed by atoms with Crippen molar-refractivity contribution in [1.82, 2.24) is 9.80 Å². The molecule has 3 aromatic carbocycles. The van der Waals surface area contributed by atoms with E-state index < -0.39 is 29.0 Å². The second-order valence-electron chi connectivity index (χ2n) is 18.0. The Morgan fingerprint density at radius 1 is 0.459 bits per heavy atom. The number of benzene rings is 3. The summed E-state index contributed by atoms with van der Waals surface area (Å²) in [6, 6.07) is 22.9. The molecule has 1 atom stereocenters. The molecule has 4 aliphatic rings. The van der Waals surface area contributed by atoms with E-state index in [9.17, 15) is 38.4 Å². The van der Waals surface area contributed by atoms with Crippen LogP contribution in [0.25, 0.3) is 0 Å². The van der Waals surface area contributed by atoms with E-state index in [2.05, 4.69) is 52.0 Å². The number of amides is 8. The van der Waals surface area contributed by atoms with Gasteiger partial charge in [-0.05, 0) is 70.7 Å². The fraction of sp³-hybridized carbons (Fsp3) is 0.306. The summed E-state index contributed by atoms with van der Waals surface area (Å²) < 4.78 is 0. The first-order valence-electron chi connectivity index (χ1n) is 20.3. The Labute approximate surface area is 354 Å². The van der Waals surface area contributed by atoms with Gasteiger partial charge in [0, 0.05) is 60.4 Å². The molecule has 8 amide bonds. The van der Waals surface area contributed by atoms with E-state index >= 15 is 0 Å². The summed E-state index contributed by atoms with van der Waals surface area (Å²) in [5.41, 5.74) is 3.45. The lowest BCUT2D eigenvalue weighted by atomic mass is 9.74. The Morgan fingerprint density at radius 2 is 0.852 bits per heavy atom. The lowest BCUT2D eigenvalue weighted by molar-refractivity contribution is -0.139. The zero-order chi connectivity index (χ0) is 44.2. The summed E-state index contributed by atoms with van der Waals surface area (Å²) in [5, 5.41) is 0. The van der Waals surface area contributed by atoms with Crippen LogP contribution in [0.1, 0.15) is 83.6 Å². The molecule has 0 N–H and O–H groups in total. The largest absolute Gasteiger partial charge is 0.275 e. The van der Waals surface area contributed by atoms with Crippen LogP contribution < -0.4 is 9.80 Å². The number of carbonyl (C=O) groups excluding carboxylic acids is 8. The van der Waals surface area contributed by atoms with Gasteiger partial charge in [0.15, 0.2) is 0 Å². The summed E-state index contributed by atoms with van der Waals surface area (Å²) in [6.45, 7) is 14.7. The van der Waals surface area contributed by atoms with Crippen molar-refractivity contribution in [2.24, 2.45) is 11.3 Å². The molecule has 0 saturated carbocycles. The molecule has 0 bridgehead atoms. The SMILES string of the molecule is CC(CN1C(=O)C=CC1=O)CC(C)(C)CCN1C(=O)C=C(C2=CC(=O)N(c3ccc(C(C)(C)c4ccc(C(C)(C)c5ccc(N6C(=O)C=CC6=O)cc5)cc4)cc3)C2=O)C1=O. The fourth-order valence-electron chi connectivity index (χ4n) is 8.61. The van der Waals surface area contributed by atoms with Gasteiger partial charge in [-0.3, -0.25) is 48.2 Å². The first kappa shape index (κ1) is 42.3. The van der Waals surface area contributed by atoms with Crippen LogP contribution in [-0.2, 0) is 49.2 Å². The van der Waals surface area contributed by atoms with Crippen molar-refractivity contribution in [3.63, 3.8) is 0 Å². The molecule has 0 saturated heterocycles. The zero-order valence-corrected chi connectivity index (χ0v) is 35.4. The van der Waals surface area contributed by atoms with E-state index in [1.165, 1.54) is 29.2 Å². The maximum atomic E-state index is 13.7. The first-order chi connectivity index (χ1) is 28.7. The highest BCUT2D eigenvalue weighted by Gasteiger charge is 2.42. The van der Waals surface area contributed by atoms with E-state index in [-0.39, 0.29) is 64.6 Å². The monoisotopic (exact) mass is 820 g/mol. The molecule has 0 fully saturated rings. The van der Waals surface area contributed by atoms with E-state index in [1.54, 1.807) is 24.3 Å². The Hall–Kier alpha value is -6.82. The van der Waals surface area contributed by atoms with Crippen LogP contribution in [0.4, 0.5) is 11.4 Å². The summed E-state index contributed by atoms with van der Waals surface area (Å²) >= 11 is 0. The molecular formula is C49H48N4O8. The maximum absolute atomic E-state index is 13.7. The number of nitrogens with zero attached hydrogens (tertiary/aromatic N) is 4. The predicted octanol–water partition coefficient (Wildman–Crippen LogP) is 6.23. The topological polar surface area (TPSA) is 150 Å². The molecule has 3 aromatic rings. The Bertz CT molecular complexity index is 2480. The molecule has 61 heavy (non-hydrogen) atoms. The average molecular weight is 821 g/mol. The van der Waals surface area contributed by atoms with Gasteiger partial charge in [0.25, 0.3) is 47.3 Å². The van der Waals surface area contributed by atoms with Crippen molar-refractivity contribution in [3.8, 4) is 0 Å². The zero-order valence-electron chi connectivity index (χ0n) is 35.4. The van der Waals surface area contributed by atoms with Gasteiger partial charge in [-0.15, -0.1) is 0 Å². The van der Waals surface area contributed by atoms with E-state index in [4.69, 9.17) is 0 Å². The van der Waals surface area contributed by atoms with Crippen molar-refractivity contribution in [1.29, 1.82) is 0 Å². The van der Waals surface area contributed by atoms with Gasteiger partial charge >= 0.3 is 0 Å². The molecule has 12 nitrogen and oxygen atoms in total. The predicted molar refractivity (Wildman–Crippen MR) is 229 cm³/mol. The van der Waals surface area contributed by atoms with Crippen LogP contribution in [0.15, 0.2) is 120 Å². The average Bonchev–Trinajstić information content (AvgIpc) is 3.91. The summed E-state index contributed by atoms with van der Waals surface area (Å²) in [6.07, 6.45) is 8.32. The second kappa shape index (κ2) is 15.7. The molecule has 4 aliphatic heterocycles. The van der Waals surface area contributed by atoms with Crippen LogP contribution in [0.5, 0.6) is 0 Å². The molecule has 0 aliphatic carbocycles. The van der Waals surface area contributed by atoms with Crippen molar-refractivity contribution in [2.45, 2.75) is 72.1 Å². The van der Waals surface area contributed by atoms with Gasteiger partial charge in [-0.1, -0.05) is 97.0 Å². The third-order valence-electron chi connectivity index (χ3n) is 12.4. The minimum atomic E-state index is -0.691. The maximum Gasteiger partial charge on any atom is 0.266 e. The summed E-state index contributed by atoms with van der Waals surface area (Å²) in [5.74, 6) is -3.94. The highest BCUT2D eigenvalue weighted by molar-refractivity contribution is 6.36. The standard InChI is InChI=1S/C49H48N4O8/c1-30(29-51-39(54)20-21-40(51)55)28-47(2,3)24-25-50-43(58)26-37(45(50)60)38-27-44(59)53(46(38)61)36-18-14-34(15-19-36)49(6,7)32-10-8-31(9-11-32)48(4,5)33-12-16-35(17-13-33)52-41(56)22-23-42(52)57/h8-23,26-27,30H,24-25,28-29H2,1-7H3. The normalized spacial score (nSPS) is 17.8. The number of hydrogen-bond donors (Lipinski definition) is 0. The lowest BCUT2D eigenvalue weighted by Gasteiger charge is -2.31.